The summed E-state index contributed by atoms with van der Waals surface area (Å²) in [6, 6.07) is 9.75. The van der Waals surface area contributed by atoms with Crippen LogP contribution in [0.15, 0.2) is 47.7 Å². The first-order valence-corrected chi connectivity index (χ1v) is 14.0. The Morgan fingerprint density at radius 1 is 1.07 bits per heavy atom. The Labute approximate surface area is 239 Å². The summed E-state index contributed by atoms with van der Waals surface area (Å²) in [5.74, 6) is 0.840. The Bertz CT molecular complexity index is 1540. The van der Waals surface area contributed by atoms with E-state index < -0.39 is 5.60 Å². The number of aryl methyl sites for hydroxylation is 1. The van der Waals surface area contributed by atoms with Crippen LogP contribution in [-0.4, -0.2) is 73.3 Å². The summed E-state index contributed by atoms with van der Waals surface area (Å²) in [5.41, 5.74) is 10.0. The fraction of sp³-hybridized carbons (Fsp3) is 0.467. The normalized spacial score (nSPS) is 15.4. The second-order valence-corrected chi connectivity index (χ2v) is 10.8. The predicted octanol–water partition coefficient (Wildman–Crippen LogP) is 2.40. The minimum Gasteiger partial charge on any atom is -0.493 e. The first-order valence-electron chi connectivity index (χ1n) is 14.0. The molecular formula is C30H39N7O4. The van der Waals surface area contributed by atoms with Crippen molar-refractivity contribution in [1.29, 1.82) is 0 Å². The number of nitrogens with zero attached hydrogens (tertiary/aromatic N) is 6. The van der Waals surface area contributed by atoms with Crippen LogP contribution in [0.4, 0.5) is 0 Å². The molecule has 4 heterocycles. The van der Waals surface area contributed by atoms with E-state index in [1.54, 1.807) is 25.0 Å². The van der Waals surface area contributed by atoms with Crippen molar-refractivity contribution in [2.45, 2.75) is 51.4 Å². The number of fused-ring (bicyclic) bond motifs is 1. The Morgan fingerprint density at radius 2 is 1.83 bits per heavy atom. The molecule has 0 aliphatic carbocycles. The summed E-state index contributed by atoms with van der Waals surface area (Å²) < 4.78 is 14.2. The number of methoxy groups -OCH3 is 1. The molecule has 1 saturated heterocycles. The number of pyridine rings is 1. The maximum Gasteiger partial charge on any atom is 0.281 e. The van der Waals surface area contributed by atoms with Gasteiger partial charge in [0.2, 0.25) is 0 Å². The maximum absolute atomic E-state index is 13.4. The molecule has 5 rings (SSSR count). The molecule has 0 amide bonds. The van der Waals surface area contributed by atoms with Gasteiger partial charge in [0, 0.05) is 70.7 Å². The van der Waals surface area contributed by atoms with Gasteiger partial charge in [-0.3, -0.25) is 23.9 Å². The van der Waals surface area contributed by atoms with Crippen LogP contribution in [0.2, 0.25) is 0 Å². The van der Waals surface area contributed by atoms with Gasteiger partial charge in [0.15, 0.2) is 5.52 Å². The third kappa shape index (κ3) is 6.33. The van der Waals surface area contributed by atoms with E-state index in [2.05, 4.69) is 20.0 Å². The molecule has 0 bridgehead atoms. The highest BCUT2D eigenvalue weighted by atomic mass is 16.5. The van der Waals surface area contributed by atoms with Crippen molar-refractivity contribution in [3.63, 3.8) is 0 Å². The average molecular weight is 562 g/mol. The van der Waals surface area contributed by atoms with Gasteiger partial charge in [-0.25, -0.2) is 4.98 Å². The summed E-state index contributed by atoms with van der Waals surface area (Å²) >= 11 is 0. The molecule has 11 nitrogen and oxygen atoms in total. The molecule has 1 aromatic carbocycles. The number of ether oxygens (including phenoxy) is 2. The summed E-state index contributed by atoms with van der Waals surface area (Å²) in [6.07, 6.45) is 5.20. The van der Waals surface area contributed by atoms with Crippen LogP contribution in [0.5, 0.6) is 5.75 Å². The van der Waals surface area contributed by atoms with Crippen molar-refractivity contribution >= 4 is 11.0 Å². The van der Waals surface area contributed by atoms with E-state index in [0.717, 1.165) is 40.2 Å². The molecule has 0 atom stereocenters. The van der Waals surface area contributed by atoms with Gasteiger partial charge in [-0.1, -0.05) is 24.3 Å². The van der Waals surface area contributed by atoms with Crippen molar-refractivity contribution in [2.75, 3.05) is 33.4 Å². The lowest BCUT2D eigenvalue weighted by Gasteiger charge is -2.38. The minimum atomic E-state index is -1.01. The number of likely N-dealkylation sites (tertiary alicyclic amines) is 1. The summed E-state index contributed by atoms with van der Waals surface area (Å²) in [6.45, 7) is 5.97. The number of hydrogen-bond donors (Lipinski definition) is 2. The van der Waals surface area contributed by atoms with E-state index in [4.69, 9.17) is 15.2 Å². The van der Waals surface area contributed by atoms with Gasteiger partial charge >= 0.3 is 0 Å². The van der Waals surface area contributed by atoms with E-state index >= 15 is 0 Å². The largest absolute Gasteiger partial charge is 0.493 e. The van der Waals surface area contributed by atoms with Gasteiger partial charge < -0.3 is 20.3 Å². The highest BCUT2D eigenvalue weighted by molar-refractivity contribution is 5.89. The van der Waals surface area contributed by atoms with Crippen LogP contribution >= 0.6 is 0 Å². The van der Waals surface area contributed by atoms with Crippen LogP contribution in [0, 0.1) is 6.92 Å². The molecule has 0 radical (unpaired) electrons. The smallest absolute Gasteiger partial charge is 0.281 e. The van der Waals surface area contributed by atoms with Crippen molar-refractivity contribution in [2.24, 2.45) is 12.8 Å². The van der Waals surface area contributed by atoms with Crippen LogP contribution < -0.4 is 16.0 Å². The molecule has 0 saturated carbocycles. The van der Waals surface area contributed by atoms with Crippen molar-refractivity contribution in [3.8, 4) is 17.0 Å². The number of hydrogen-bond acceptors (Lipinski definition) is 9. The fourth-order valence-electron chi connectivity index (χ4n) is 5.40. The molecule has 1 aliphatic heterocycles. The van der Waals surface area contributed by atoms with E-state index in [-0.39, 0.29) is 12.1 Å². The first-order chi connectivity index (χ1) is 19.8. The average Bonchev–Trinajstić information content (AvgIpc) is 3.32. The molecule has 3 aromatic heterocycles. The lowest BCUT2D eigenvalue weighted by molar-refractivity contribution is -0.0367. The lowest BCUT2D eigenvalue weighted by Crippen LogP contribution is -2.48. The number of aliphatic hydroxyl groups is 1. The summed E-state index contributed by atoms with van der Waals surface area (Å²) in [4.78, 5) is 24.9. The molecule has 11 heteroatoms. The van der Waals surface area contributed by atoms with Crippen LogP contribution in [-0.2, 0) is 31.4 Å². The topological polar surface area (TPSA) is 134 Å². The van der Waals surface area contributed by atoms with Gasteiger partial charge in [-0.15, -0.1) is 0 Å². The predicted molar refractivity (Wildman–Crippen MR) is 157 cm³/mol. The van der Waals surface area contributed by atoms with Gasteiger partial charge in [0.25, 0.3) is 5.56 Å². The minimum absolute atomic E-state index is 0.168. The zero-order chi connectivity index (χ0) is 29.0. The van der Waals surface area contributed by atoms with Crippen LogP contribution in [0.3, 0.4) is 0 Å². The Balaban J connectivity index is 1.25. The number of benzene rings is 1. The number of aromatic nitrogens is 5. The summed E-state index contributed by atoms with van der Waals surface area (Å²) in [7, 11) is 3.49. The van der Waals surface area contributed by atoms with Gasteiger partial charge in [-0.05, 0) is 31.4 Å². The molecule has 0 spiro atoms. The molecular weight excluding hydrogens is 522 g/mol. The summed E-state index contributed by atoms with van der Waals surface area (Å²) in [5, 5.41) is 15.9. The number of piperidine rings is 1. The molecule has 1 aliphatic rings. The Kier molecular flexibility index (Phi) is 8.79. The second kappa shape index (κ2) is 12.5. The van der Waals surface area contributed by atoms with Crippen molar-refractivity contribution < 1.29 is 14.6 Å². The lowest BCUT2D eigenvalue weighted by atomic mass is 9.91. The SMILES string of the molecule is COCCCOc1ccnc(CN2CCC(O)(Cn3cnc4c(-c5ccc(CN)cc5)n(C)nc4c3=O)CC2)c1C. The quantitative estimate of drug-likeness (QED) is 0.265. The highest BCUT2D eigenvalue weighted by Crippen LogP contribution is 2.28. The van der Waals surface area contributed by atoms with E-state index in [0.29, 0.717) is 63.3 Å². The molecule has 1 fully saturated rings. The van der Waals surface area contributed by atoms with E-state index in [1.165, 1.54) is 10.9 Å². The third-order valence-corrected chi connectivity index (χ3v) is 7.91. The Hall–Kier alpha value is -3.64. The van der Waals surface area contributed by atoms with Crippen molar-refractivity contribution in [1.82, 2.24) is 29.2 Å². The number of nitrogens with two attached hydrogens (primary N) is 1. The molecule has 3 N–H and O–H groups in total. The molecule has 4 aromatic rings. The molecule has 41 heavy (non-hydrogen) atoms. The second-order valence-electron chi connectivity index (χ2n) is 10.8. The molecule has 218 valence electrons. The van der Waals surface area contributed by atoms with Gasteiger partial charge in [0.1, 0.15) is 11.3 Å². The van der Waals surface area contributed by atoms with Crippen molar-refractivity contribution in [3.05, 3.63) is 70.0 Å². The standard InChI is InChI=1S/C30H39N7O4/c1-21-24(32-12-9-25(21)41-16-4-15-40-3)18-36-13-10-30(39,11-14-36)19-37-20-33-26-27(29(37)38)34-35(2)28(26)23-7-5-22(17-31)6-8-23/h5-9,12,20,39H,4,10-11,13-19,31H2,1-3H3. The zero-order valence-corrected chi connectivity index (χ0v) is 24.0. The highest BCUT2D eigenvalue weighted by Gasteiger charge is 2.34. The van der Waals surface area contributed by atoms with Gasteiger partial charge in [-0.2, -0.15) is 5.10 Å². The van der Waals surface area contributed by atoms with Gasteiger partial charge in [0.05, 0.1) is 36.5 Å². The number of rotatable bonds is 11. The Morgan fingerprint density at radius 3 is 2.54 bits per heavy atom. The third-order valence-electron chi connectivity index (χ3n) is 7.91. The zero-order valence-electron chi connectivity index (χ0n) is 24.0. The monoisotopic (exact) mass is 561 g/mol. The fourth-order valence-corrected chi connectivity index (χ4v) is 5.40. The van der Waals surface area contributed by atoms with E-state index in [1.807, 2.05) is 37.3 Å². The molecule has 0 unspecified atom stereocenters. The van der Waals surface area contributed by atoms with Crippen LogP contribution in [0.1, 0.15) is 36.1 Å². The first kappa shape index (κ1) is 28.9. The van der Waals surface area contributed by atoms with Crippen LogP contribution in [0.25, 0.3) is 22.3 Å². The van der Waals surface area contributed by atoms with E-state index in [9.17, 15) is 9.90 Å². The maximum atomic E-state index is 13.4.